The lowest BCUT2D eigenvalue weighted by Gasteiger charge is -2.17. The number of hydrogen-bond donors (Lipinski definition) is 3. The molecule has 0 aliphatic carbocycles. The summed E-state index contributed by atoms with van der Waals surface area (Å²) < 4.78 is 6.83. The van der Waals surface area contributed by atoms with E-state index in [0.717, 1.165) is 11.3 Å². The Balaban J connectivity index is 1.70. The van der Waals surface area contributed by atoms with E-state index in [0.29, 0.717) is 28.8 Å². The van der Waals surface area contributed by atoms with E-state index in [1.807, 2.05) is 31.2 Å². The highest BCUT2D eigenvalue weighted by atomic mass is 32.2. The van der Waals surface area contributed by atoms with E-state index in [9.17, 15) is 14.7 Å². The molecule has 1 heterocycles. The van der Waals surface area contributed by atoms with Gasteiger partial charge in [0.05, 0.1) is 19.5 Å². The molecule has 0 saturated heterocycles. The summed E-state index contributed by atoms with van der Waals surface area (Å²) in [5.74, 6) is 0.563. The van der Waals surface area contributed by atoms with E-state index in [4.69, 9.17) is 4.74 Å². The standard InChI is InChI=1S/C24H27N5O4S/c1-4-13-29-22(20(14-30)26-23(32)17-9-11-18(33-3)12-10-17)27-28-24(29)34-15-21(31)25-19-8-6-5-7-16(19)2/h4-12,20,30H,1,13-15H2,2-3H3,(H,25,31)(H,26,32). The average molecular weight is 482 g/mol. The monoisotopic (exact) mass is 481 g/mol. The van der Waals surface area contributed by atoms with Crippen molar-refractivity contribution in [2.75, 3.05) is 24.8 Å². The molecule has 3 aromatic rings. The smallest absolute Gasteiger partial charge is 0.251 e. The van der Waals surface area contributed by atoms with Crippen LogP contribution in [0.1, 0.15) is 27.8 Å². The number of aryl methyl sites for hydroxylation is 1. The first kappa shape index (κ1) is 25.0. The molecule has 0 aliphatic rings. The van der Waals surface area contributed by atoms with E-state index < -0.39 is 6.04 Å². The third-order valence-corrected chi connectivity index (χ3v) is 5.93. The second-order valence-corrected chi connectivity index (χ2v) is 8.27. The van der Waals surface area contributed by atoms with Crippen molar-refractivity contribution in [2.24, 2.45) is 0 Å². The molecule has 3 rings (SSSR count). The predicted octanol–water partition coefficient (Wildman–Crippen LogP) is 2.98. The lowest BCUT2D eigenvalue weighted by atomic mass is 10.2. The third-order valence-electron chi connectivity index (χ3n) is 4.96. The second-order valence-electron chi connectivity index (χ2n) is 7.33. The molecule has 10 heteroatoms. The maximum Gasteiger partial charge on any atom is 0.251 e. The number of aliphatic hydroxyl groups excluding tert-OH is 1. The number of para-hydroxylation sites is 1. The number of anilines is 1. The van der Waals surface area contributed by atoms with Crippen LogP contribution in [0.4, 0.5) is 5.69 Å². The lowest BCUT2D eigenvalue weighted by molar-refractivity contribution is -0.113. The van der Waals surface area contributed by atoms with Crippen molar-refractivity contribution in [1.29, 1.82) is 0 Å². The molecule has 0 bridgehead atoms. The summed E-state index contributed by atoms with van der Waals surface area (Å²) in [6.45, 7) is 5.65. The Morgan fingerprint density at radius 1 is 1.21 bits per heavy atom. The molecule has 2 amide bonds. The summed E-state index contributed by atoms with van der Waals surface area (Å²) in [7, 11) is 1.55. The van der Waals surface area contributed by atoms with Gasteiger partial charge < -0.3 is 25.0 Å². The van der Waals surface area contributed by atoms with Gasteiger partial charge in [0.2, 0.25) is 5.91 Å². The van der Waals surface area contributed by atoms with Gasteiger partial charge in [-0.25, -0.2) is 0 Å². The van der Waals surface area contributed by atoms with Crippen LogP contribution in [0.25, 0.3) is 0 Å². The van der Waals surface area contributed by atoms with E-state index in [-0.39, 0.29) is 24.2 Å². The Morgan fingerprint density at radius 3 is 2.59 bits per heavy atom. The number of nitrogens with zero attached hydrogens (tertiary/aromatic N) is 3. The minimum absolute atomic E-state index is 0.117. The number of methoxy groups -OCH3 is 1. The van der Waals surface area contributed by atoms with Gasteiger partial charge in [0.1, 0.15) is 11.8 Å². The third kappa shape index (κ3) is 6.24. The number of carbonyl (C=O) groups is 2. The first-order valence-corrected chi connectivity index (χ1v) is 11.5. The fourth-order valence-corrected chi connectivity index (χ4v) is 3.93. The number of allylic oxidation sites excluding steroid dienone is 1. The van der Waals surface area contributed by atoms with E-state index in [1.54, 1.807) is 42.0 Å². The Kier molecular flexibility index (Phi) is 8.83. The molecule has 2 aromatic carbocycles. The van der Waals surface area contributed by atoms with Crippen LogP contribution in [-0.2, 0) is 11.3 Å². The van der Waals surface area contributed by atoms with Crippen molar-refractivity contribution in [3.05, 3.63) is 78.1 Å². The Morgan fingerprint density at radius 2 is 1.94 bits per heavy atom. The van der Waals surface area contributed by atoms with Crippen LogP contribution in [0.15, 0.2) is 66.3 Å². The molecule has 1 unspecified atom stereocenters. The molecule has 0 fully saturated rings. The minimum atomic E-state index is -0.794. The number of carbonyl (C=O) groups excluding carboxylic acids is 2. The van der Waals surface area contributed by atoms with Gasteiger partial charge in [-0.2, -0.15) is 0 Å². The summed E-state index contributed by atoms with van der Waals surface area (Å²) in [6, 6.07) is 13.4. The maximum atomic E-state index is 12.7. The second kappa shape index (κ2) is 12.0. The van der Waals surface area contributed by atoms with Gasteiger partial charge in [-0.05, 0) is 42.8 Å². The van der Waals surface area contributed by atoms with E-state index in [1.165, 1.54) is 11.8 Å². The minimum Gasteiger partial charge on any atom is -0.497 e. The number of aromatic nitrogens is 3. The van der Waals surface area contributed by atoms with E-state index >= 15 is 0 Å². The number of rotatable bonds is 11. The molecule has 0 saturated carbocycles. The number of aliphatic hydroxyl groups is 1. The number of nitrogens with one attached hydrogen (secondary N) is 2. The molecule has 0 aliphatic heterocycles. The maximum absolute atomic E-state index is 12.7. The fraction of sp³-hybridized carbons (Fsp3) is 0.250. The number of ether oxygens (including phenoxy) is 1. The van der Waals surface area contributed by atoms with Crippen LogP contribution in [0.2, 0.25) is 0 Å². The largest absolute Gasteiger partial charge is 0.497 e. The van der Waals surface area contributed by atoms with Crippen LogP contribution in [0.3, 0.4) is 0 Å². The normalized spacial score (nSPS) is 11.5. The molecule has 9 nitrogen and oxygen atoms in total. The molecular weight excluding hydrogens is 454 g/mol. The predicted molar refractivity (Wildman–Crippen MR) is 131 cm³/mol. The summed E-state index contributed by atoms with van der Waals surface area (Å²) >= 11 is 1.21. The zero-order chi connectivity index (χ0) is 24.5. The SMILES string of the molecule is C=CCn1c(SCC(=O)Nc2ccccc2C)nnc1C(CO)NC(=O)c1ccc(OC)cc1. The summed E-state index contributed by atoms with van der Waals surface area (Å²) in [5.41, 5.74) is 2.13. The van der Waals surface area contributed by atoms with Crippen LogP contribution < -0.4 is 15.4 Å². The Hall–Kier alpha value is -3.63. The molecule has 0 radical (unpaired) electrons. The molecule has 1 aromatic heterocycles. The van der Waals surface area contributed by atoms with Crippen molar-refractivity contribution >= 4 is 29.3 Å². The van der Waals surface area contributed by atoms with Crippen molar-refractivity contribution in [2.45, 2.75) is 24.7 Å². The van der Waals surface area contributed by atoms with Gasteiger partial charge in [-0.15, -0.1) is 16.8 Å². The van der Waals surface area contributed by atoms with Crippen LogP contribution in [-0.4, -0.2) is 51.2 Å². The lowest BCUT2D eigenvalue weighted by Crippen LogP contribution is -2.33. The highest BCUT2D eigenvalue weighted by Crippen LogP contribution is 2.22. The zero-order valence-corrected chi connectivity index (χ0v) is 19.8. The molecule has 178 valence electrons. The van der Waals surface area contributed by atoms with Gasteiger partial charge in [0.15, 0.2) is 11.0 Å². The van der Waals surface area contributed by atoms with Crippen molar-refractivity contribution in [3.63, 3.8) is 0 Å². The highest BCUT2D eigenvalue weighted by molar-refractivity contribution is 7.99. The number of amides is 2. The molecule has 34 heavy (non-hydrogen) atoms. The van der Waals surface area contributed by atoms with Crippen molar-refractivity contribution in [3.8, 4) is 5.75 Å². The van der Waals surface area contributed by atoms with Gasteiger partial charge in [0.25, 0.3) is 5.91 Å². The summed E-state index contributed by atoms with van der Waals surface area (Å²) in [6.07, 6.45) is 1.66. The molecule has 1 atom stereocenters. The summed E-state index contributed by atoms with van der Waals surface area (Å²) in [5, 5.41) is 24.4. The Labute approximate surface area is 202 Å². The van der Waals surface area contributed by atoms with Gasteiger partial charge >= 0.3 is 0 Å². The topological polar surface area (TPSA) is 118 Å². The van der Waals surface area contributed by atoms with Gasteiger partial charge in [-0.1, -0.05) is 36.0 Å². The van der Waals surface area contributed by atoms with Gasteiger partial charge in [0, 0.05) is 17.8 Å². The molecular formula is C24H27N5O4S. The quantitative estimate of drug-likeness (QED) is 0.285. The fourth-order valence-electron chi connectivity index (χ4n) is 3.17. The van der Waals surface area contributed by atoms with E-state index in [2.05, 4.69) is 27.4 Å². The van der Waals surface area contributed by atoms with Crippen LogP contribution >= 0.6 is 11.8 Å². The first-order chi connectivity index (χ1) is 16.5. The molecule has 3 N–H and O–H groups in total. The summed E-state index contributed by atoms with van der Waals surface area (Å²) in [4.78, 5) is 25.1. The average Bonchev–Trinajstić information content (AvgIpc) is 3.25. The van der Waals surface area contributed by atoms with Crippen LogP contribution in [0, 0.1) is 6.92 Å². The van der Waals surface area contributed by atoms with Gasteiger partial charge in [-0.3, -0.25) is 9.59 Å². The first-order valence-electron chi connectivity index (χ1n) is 10.5. The van der Waals surface area contributed by atoms with Crippen molar-refractivity contribution < 1.29 is 19.4 Å². The van der Waals surface area contributed by atoms with Crippen molar-refractivity contribution in [1.82, 2.24) is 20.1 Å². The number of hydrogen-bond acceptors (Lipinski definition) is 7. The molecule has 0 spiro atoms. The van der Waals surface area contributed by atoms with Crippen LogP contribution in [0.5, 0.6) is 5.75 Å². The number of benzene rings is 2. The number of thioether (sulfide) groups is 1. The zero-order valence-electron chi connectivity index (χ0n) is 19.0. The Bertz CT molecular complexity index is 1150. The highest BCUT2D eigenvalue weighted by Gasteiger charge is 2.23.